The van der Waals surface area contributed by atoms with Gasteiger partial charge < -0.3 is 4.74 Å². The lowest BCUT2D eigenvalue weighted by Crippen LogP contribution is -2.39. The van der Waals surface area contributed by atoms with E-state index >= 15 is 0 Å². The molecule has 0 unspecified atom stereocenters. The molecule has 1 heterocycles. The highest BCUT2D eigenvalue weighted by molar-refractivity contribution is 5.72. The third-order valence-electron chi connectivity index (χ3n) is 3.35. The summed E-state index contributed by atoms with van der Waals surface area (Å²) in [5, 5.41) is 0. The number of carbonyl (C=O) groups is 1. The molecule has 0 N–H and O–H groups in total. The van der Waals surface area contributed by atoms with Gasteiger partial charge in [-0.3, -0.25) is 9.69 Å². The van der Waals surface area contributed by atoms with Crippen LogP contribution in [0.15, 0.2) is 30.3 Å². The zero-order chi connectivity index (χ0) is 13.5. The average molecular weight is 257 g/mol. The van der Waals surface area contributed by atoms with Crippen molar-refractivity contribution in [1.82, 2.24) is 4.90 Å². The molecule has 1 aromatic carbocycles. The molecule has 0 radical (unpaired) electrons. The molecule has 2 rings (SSSR count). The molecule has 0 spiro atoms. The Kier molecular flexibility index (Phi) is 5.00. The van der Waals surface area contributed by atoms with Gasteiger partial charge in [0.25, 0.3) is 0 Å². The Morgan fingerprint density at radius 1 is 1.42 bits per heavy atom. The molecule has 1 saturated heterocycles. The minimum Gasteiger partial charge on any atom is -0.469 e. The normalized spacial score (nSPS) is 19.3. The summed E-state index contributed by atoms with van der Waals surface area (Å²) in [6.45, 7) is 2.48. The van der Waals surface area contributed by atoms with Gasteiger partial charge in [0.2, 0.25) is 0 Å². The number of hydrogen-bond donors (Lipinski definition) is 0. The molecule has 1 atom stereocenters. The number of esters is 1. The number of hydrogen-bond acceptors (Lipinski definition) is 3. The second-order valence-corrected chi connectivity index (χ2v) is 4.77. The van der Waals surface area contributed by atoms with E-state index < -0.39 is 0 Å². The van der Waals surface area contributed by atoms with Crippen LogP contribution < -0.4 is 0 Å². The minimum absolute atomic E-state index is 0.0114. The van der Waals surface area contributed by atoms with Gasteiger partial charge in [-0.1, -0.05) is 30.0 Å². The van der Waals surface area contributed by atoms with E-state index in [0.717, 1.165) is 31.5 Å². The molecule has 1 aliphatic heterocycles. The third-order valence-corrected chi connectivity index (χ3v) is 3.35. The van der Waals surface area contributed by atoms with E-state index in [2.05, 4.69) is 16.7 Å². The van der Waals surface area contributed by atoms with Crippen LogP contribution in [0.3, 0.4) is 0 Å². The van der Waals surface area contributed by atoms with E-state index in [-0.39, 0.29) is 11.9 Å². The van der Waals surface area contributed by atoms with Crippen LogP contribution in [-0.4, -0.2) is 37.6 Å². The Bertz CT molecular complexity index is 473. The van der Waals surface area contributed by atoms with Crippen LogP contribution in [0.5, 0.6) is 0 Å². The first kappa shape index (κ1) is 13.6. The zero-order valence-electron chi connectivity index (χ0n) is 11.3. The number of benzene rings is 1. The maximum atomic E-state index is 11.5. The molecule has 0 aliphatic carbocycles. The van der Waals surface area contributed by atoms with Crippen molar-refractivity contribution in [1.29, 1.82) is 0 Å². The van der Waals surface area contributed by atoms with Crippen LogP contribution >= 0.6 is 0 Å². The Morgan fingerprint density at radius 2 is 2.21 bits per heavy atom. The smallest absolute Gasteiger partial charge is 0.309 e. The van der Waals surface area contributed by atoms with Gasteiger partial charge in [-0.25, -0.2) is 0 Å². The van der Waals surface area contributed by atoms with E-state index in [0.29, 0.717) is 6.54 Å². The molecule has 3 heteroatoms. The van der Waals surface area contributed by atoms with Crippen molar-refractivity contribution in [3.63, 3.8) is 0 Å². The van der Waals surface area contributed by atoms with E-state index in [4.69, 9.17) is 4.74 Å². The van der Waals surface area contributed by atoms with Crippen molar-refractivity contribution in [2.75, 3.05) is 26.7 Å². The zero-order valence-corrected chi connectivity index (χ0v) is 11.3. The topological polar surface area (TPSA) is 29.5 Å². The fourth-order valence-corrected chi connectivity index (χ4v) is 2.33. The predicted molar refractivity (Wildman–Crippen MR) is 74.5 cm³/mol. The second kappa shape index (κ2) is 6.96. The summed E-state index contributed by atoms with van der Waals surface area (Å²) in [6, 6.07) is 9.95. The monoisotopic (exact) mass is 257 g/mol. The van der Waals surface area contributed by atoms with Crippen LogP contribution in [-0.2, 0) is 9.53 Å². The molecule has 0 amide bonds. The molecule has 1 aliphatic rings. The lowest BCUT2D eigenvalue weighted by atomic mass is 9.98. The van der Waals surface area contributed by atoms with E-state index in [9.17, 15) is 4.79 Å². The summed E-state index contributed by atoms with van der Waals surface area (Å²) in [5.74, 6) is 6.23. The molecule has 19 heavy (non-hydrogen) atoms. The first-order valence-electron chi connectivity index (χ1n) is 6.63. The molecule has 3 nitrogen and oxygen atoms in total. The highest BCUT2D eigenvalue weighted by Crippen LogP contribution is 2.17. The lowest BCUT2D eigenvalue weighted by molar-refractivity contribution is -0.147. The van der Waals surface area contributed by atoms with Crippen molar-refractivity contribution in [2.45, 2.75) is 12.8 Å². The Labute approximate surface area is 114 Å². The maximum absolute atomic E-state index is 11.5. The predicted octanol–water partition coefficient (Wildman–Crippen LogP) is 1.92. The first-order valence-corrected chi connectivity index (χ1v) is 6.63. The Morgan fingerprint density at radius 3 is 2.95 bits per heavy atom. The van der Waals surface area contributed by atoms with Crippen molar-refractivity contribution in [3.8, 4) is 11.8 Å². The van der Waals surface area contributed by atoms with Crippen LogP contribution in [0.2, 0.25) is 0 Å². The largest absolute Gasteiger partial charge is 0.469 e. The summed E-state index contributed by atoms with van der Waals surface area (Å²) in [6.07, 6.45) is 1.96. The fraction of sp³-hybridized carbons (Fsp3) is 0.438. The lowest BCUT2D eigenvalue weighted by Gasteiger charge is -2.29. The third kappa shape index (κ3) is 4.11. The maximum Gasteiger partial charge on any atom is 0.309 e. The van der Waals surface area contributed by atoms with Crippen LogP contribution in [0.1, 0.15) is 18.4 Å². The summed E-state index contributed by atoms with van der Waals surface area (Å²) >= 11 is 0. The fourth-order valence-electron chi connectivity index (χ4n) is 2.33. The molecule has 0 saturated carbocycles. The molecule has 0 aromatic heterocycles. The summed E-state index contributed by atoms with van der Waals surface area (Å²) in [4.78, 5) is 13.7. The van der Waals surface area contributed by atoms with Gasteiger partial charge in [0, 0.05) is 12.1 Å². The summed E-state index contributed by atoms with van der Waals surface area (Å²) in [7, 11) is 1.45. The quantitative estimate of drug-likeness (QED) is 0.599. The van der Waals surface area contributed by atoms with Gasteiger partial charge in [0.05, 0.1) is 19.6 Å². The van der Waals surface area contributed by atoms with Gasteiger partial charge in [-0.05, 0) is 31.5 Å². The molecule has 100 valence electrons. The second-order valence-electron chi connectivity index (χ2n) is 4.77. The number of nitrogens with zero attached hydrogens (tertiary/aromatic N) is 1. The van der Waals surface area contributed by atoms with Crippen LogP contribution in [0, 0.1) is 17.8 Å². The molecule has 1 fully saturated rings. The van der Waals surface area contributed by atoms with Crippen molar-refractivity contribution >= 4 is 5.97 Å². The molecular weight excluding hydrogens is 238 g/mol. The number of likely N-dealkylation sites (tertiary alicyclic amines) is 1. The number of piperidine rings is 1. The van der Waals surface area contributed by atoms with Crippen LogP contribution in [0.25, 0.3) is 0 Å². The van der Waals surface area contributed by atoms with E-state index in [1.165, 1.54) is 7.11 Å². The van der Waals surface area contributed by atoms with Crippen molar-refractivity contribution < 1.29 is 9.53 Å². The van der Waals surface area contributed by atoms with Gasteiger partial charge in [0.1, 0.15) is 0 Å². The highest BCUT2D eigenvalue weighted by Gasteiger charge is 2.25. The Balaban J connectivity index is 1.86. The summed E-state index contributed by atoms with van der Waals surface area (Å²) < 4.78 is 4.81. The van der Waals surface area contributed by atoms with E-state index in [1.54, 1.807) is 0 Å². The van der Waals surface area contributed by atoms with Gasteiger partial charge in [0.15, 0.2) is 0 Å². The first-order chi connectivity index (χ1) is 9.29. The summed E-state index contributed by atoms with van der Waals surface area (Å²) in [5.41, 5.74) is 1.03. The van der Waals surface area contributed by atoms with Crippen molar-refractivity contribution in [2.24, 2.45) is 5.92 Å². The highest BCUT2D eigenvalue weighted by atomic mass is 16.5. The number of carbonyl (C=O) groups excluding carboxylic acids is 1. The van der Waals surface area contributed by atoms with Crippen LogP contribution in [0.4, 0.5) is 0 Å². The van der Waals surface area contributed by atoms with Gasteiger partial charge in [-0.2, -0.15) is 0 Å². The minimum atomic E-state index is -0.0966. The number of rotatable bonds is 2. The Hall–Kier alpha value is -1.79. The standard InChI is InChI=1S/C16H19NO2/c1-19-16(18)15-10-6-12-17(13-15)11-5-9-14-7-3-2-4-8-14/h2-4,7-8,15H,6,10-13H2,1H3/t15-/m0/s1. The van der Waals surface area contributed by atoms with Gasteiger partial charge >= 0.3 is 5.97 Å². The number of ether oxygens (including phenoxy) is 1. The number of methoxy groups -OCH3 is 1. The van der Waals surface area contributed by atoms with Gasteiger partial charge in [-0.15, -0.1) is 0 Å². The average Bonchev–Trinajstić information content (AvgIpc) is 2.48. The molecule has 0 bridgehead atoms. The SMILES string of the molecule is COC(=O)[C@H]1CCCN(CC#Cc2ccccc2)C1. The van der Waals surface area contributed by atoms with Crippen molar-refractivity contribution in [3.05, 3.63) is 35.9 Å². The molecular formula is C16H19NO2. The molecule has 1 aromatic rings. The van der Waals surface area contributed by atoms with E-state index in [1.807, 2.05) is 30.3 Å².